The summed E-state index contributed by atoms with van der Waals surface area (Å²) in [4.78, 5) is 18.6. The molecule has 0 saturated carbocycles. The topological polar surface area (TPSA) is 92.8 Å². The lowest BCUT2D eigenvalue weighted by Gasteiger charge is -2.10. The van der Waals surface area contributed by atoms with E-state index in [1.165, 1.54) is 15.9 Å². The zero-order valence-electron chi connectivity index (χ0n) is 26.4. The lowest BCUT2D eigenvalue weighted by atomic mass is 10.1. The Morgan fingerprint density at radius 2 is 1.70 bits per heavy atom. The smallest absolute Gasteiger partial charge is 0.291 e. The lowest BCUT2D eigenvalue weighted by Crippen LogP contribution is -2.23. The average molecular weight is 668 g/mol. The number of fused-ring (bicyclic) bond motifs is 1. The second-order valence-electron chi connectivity index (χ2n) is 10.7. The van der Waals surface area contributed by atoms with E-state index >= 15 is 0 Å². The molecule has 0 atom stereocenters. The van der Waals surface area contributed by atoms with Crippen molar-refractivity contribution >= 4 is 46.1 Å². The Kier molecular flexibility index (Phi) is 9.99. The summed E-state index contributed by atoms with van der Waals surface area (Å²) in [5.41, 5.74) is 3.77. The molecule has 0 radical (unpaired) electrons. The van der Waals surface area contributed by atoms with E-state index in [4.69, 9.17) is 30.9 Å². The highest BCUT2D eigenvalue weighted by Crippen LogP contribution is 2.33. The Hall–Kier alpha value is -4.93. The van der Waals surface area contributed by atoms with Gasteiger partial charge in [0.1, 0.15) is 11.4 Å². The molecule has 0 spiro atoms. The number of para-hydroxylation sites is 1. The van der Waals surface area contributed by atoms with Gasteiger partial charge < -0.3 is 14.2 Å². The molecule has 0 aliphatic carbocycles. The molecule has 240 valence electrons. The SMILES string of the molecule is CCCCOc1ccc(-c2nn(-c3ccccc3)cc2/C=c2\sc3nc(/C=C/c4ccc(OCCC)c(OC)c4)nn3c2=O)cc1Cl. The number of nitrogens with zero attached hydrogens (tertiary/aromatic N) is 5. The molecule has 0 aliphatic heterocycles. The van der Waals surface area contributed by atoms with Crippen LogP contribution in [-0.4, -0.2) is 44.7 Å². The zero-order valence-corrected chi connectivity index (χ0v) is 27.9. The summed E-state index contributed by atoms with van der Waals surface area (Å²) >= 11 is 7.89. The van der Waals surface area contributed by atoms with Crippen LogP contribution in [0.25, 0.3) is 40.1 Å². The first-order valence-corrected chi connectivity index (χ1v) is 16.6. The number of halogens is 1. The van der Waals surface area contributed by atoms with Crippen LogP contribution >= 0.6 is 22.9 Å². The van der Waals surface area contributed by atoms with Crippen LogP contribution < -0.4 is 24.3 Å². The van der Waals surface area contributed by atoms with Gasteiger partial charge in [-0.15, -0.1) is 5.10 Å². The minimum atomic E-state index is -0.257. The monoisotopic (exact) mass is 667 g/mol. The number of hydrogen-bond acceptors (Lipinski definition) is 8. The molecule has 9 nitrogen and oxygen atoms in total. The number of benzene rings is 3. The highest BCUT2D eigenvalue weighted by Gasteiger charge is 2.16. The second kappa shape index (κ2) is 14.7. The number of ether oxygens (including phenoxy) is 3. The van der Waals surface area contributed by atoms with E-state index in [-0.39, 0.29) is 5.56 Å². The van der Waals surface area contributed by atoms with Crippen molar-refractivity contribution in [2.24, 2.45) is 0 Å². The average Bonchev–Trinajstić information content (AvgIpc) is 3.78. The van der Waals surface area contributed by atoms with Crippen molar-refractivity contribution in [3.8, 4) is 34.2 Å². The van der Waals surface area contributed by atoms with Gasteiger partial charge in [-0.2, -0.15) is 14.6 Å². The molecule has 0 bridgehead atoms. The Morgan fingerprint density at radius 3 is 2.45 bits per heavy atom. The Bertz CT molecular complexity index is 2140. The summed E-state index contributed by atoms with van der Waals surface area (Å²) in [6, 6.07) is 21.1. The number of hydrogen-bond donors (Lipinski definition) is 0. The third-order valence-corrected chi connectivity index (χ3v) is 8.54. The first kappa shape index (κ1) is 32.0. The van der Waals surface area contributed by atoms with Crippen LogP contribution in [0.2, 0.25) is 5.02 Å². The fourth-order valence-corrected chi connectivity index (χ4v) is 6.01. The normalized spacial score (nSPS) is 12.0. The maximum Gasteiger partial charge on any atom is 0.291 e. The summed E-state index contributed by atoms with van der Waals surface area (Å²) in [6.07, 6.45) is 10.3. The molecular formula is C36H34ClN5O4S. The minimum Gasteiger partial charge on any atom is -0.493 e. The number of unbranched alkanes of at least 4 members (excludes halogenated alkanes) is 1. The molecular weight excluding hydrogens is 634 g/mol. The highest BCUT2D eigenvalue weighted by atomic mass is 35.5. The predicted octanol–water partition coefficient (Wildman–Crippen LogP) is 7.35. The van der Waals surface area contributed by atoms with E-state index < -0.39 is 0 Å². The van der Waals surface area contributed by atoms with Crippen LogP contribution in [0.1, 0.15) is 50.1 Å². The standard InChI is InChI=1S/C36H34ClN5O4S/c1-4-6-19-46-29-16-14-25(21-28(29)37)34-26(23-41(40-34)27-10-8-7-9-11-27)22-32-35(43)42-36(47-32)38-33(39-42)17-13-24-12-15-30(45-18-5-2)31(20-24)44-3/h7-17,20-23H,4-6,18-19H2,1-3H3/b17-13+,32-22-. The minimum absolute atomic E-state index is 0.257. The highest BCUT2D eigenvalue weighted by molar-refractivity contribution is 7.15. The van der Waals surface area contributed by atoms with Gasteiger partial charge in [-0.05, 0) is 73.0 Å². The molecule has 3 aromatic heterocycles. The maximum absolute atomic E-state index is 13.5. The van der Waals surface area contributed by atoms with Gasteiger partial charge in [-0.25, -0.2) is 4.68 Å². The van der Waals surface area contributed by atoms with Gasteiger partial charge in [0, 0.05) is 17.3 Å². The molecule has 47 heavy (non-hydrogen) atoms. The Morgan fingerprint density at radius 1 is 0.894 bits per heavy atom. The molecule has 11 heteroatoms. The Labute approximate surface area is 281 Å². The number of aromatic nitrogens is 5. The number of thiazole rings is 1. The summed E-state index contributed by atoms with van der Waals surface area (Å²) in [6.45, 7) is 5.39. The molecule has 6 aromatic rings. The van der Waals surface area contributed by atoms with Crippen LogP contribution in [0.4, 0.5) is 0 Å². The van der Waals surface area contributed by atoms with Crippen LogP contribution in [0.5, 0.6) is 17.2 Å². The van der Waals surface area contributed by atoms with Crippen LogP contribution in [0, 0.1) is 0 Å². The van der Waals surface area contributed by atoms with E-state index in [1.807, 2.05) is 85.1 Å². The van der Waals surface area contributed by atoms with E-state index in [0.29, 0.717) is 56.5 Å². The predicted molar refractivity (Wildman–Crippen MR) is 188 cm³/mol. The molecule has 0 amide bonds. The van der Waals surface area contributed by atoms with Gasteiger partial charge in [0.2, 0.25) is 4.96 Å². The van der Waals surface area contributed by atoms with Crippen molar-refractivity contribution in [1.82, 2.24) is 24.4 Å². The third kappa shape index (κ3) is 7.24. The quantitative estimate of drug-likeness (QED) is 0.119. The van der Waals surface area contributed by atoms with E-state index in [1.54, 1.807) is 17.9 Å². The second-order valence-corrected chi connectivity index (χ2v) is 12.1. The van der Waals surface area contributed by atoms with E-state index in [9.17, 15) is 4.79 Å². The molecule has 0 unspecified atom stereocenters. The first-order chi connectivity index (χ1) is 23.0. The van der Waals surface area contributed by atoms with Crippen molar-refractivity contribution in [3.63, 3.8) is 0 Å². The van der Waals surface area contributed by atoms with Crippen molar-refractivity contribution < 1.29 is 14.2 Å². The third-order valence-electron chi connectivity index (χ3n) is 7.28. The largest absolute Gasteiger partial charge is 0.493 e. The number of rotatable bonds is 13. The van der Waals surface area contributed by atoms with Crippen LogP contribution in [-0.2, 0) is 0 Å². The van der Waals surface area contributed by atoms with Crippen LogP contribution in [0.15, 0.2) is 77.7 Å². The van der Waals surface area contributed by atoms with Gasteiger partial charge in [0.15, 0.2) is 17.3 Å². The van der Waals surface area contributed by atoms with Crippen LogP contribution in [0.3, 0.4) is 0 Å². The van der Waals surface area contributed by atoms with Crippen molar-refractivity contribution in [1.29, 1.82) is 0 Å². The maximum atomic E-state index is 13.5. The van der Waals surface area contributed by atoms with Crippen molar-refractivity contribution in [2.45, 2.75) is 33.1 Å². The molecule has 0 N–H and O–H groups in total. The summed E-state index contributed by atoms with van der Waals surface area (Å²) in [5, 5.41) is 9.85. The summed E-state index contributed by atoms with van der Waals surface area (Å²) < 4.78 is 20.7. The van der Waals surface area contributed by atoms with Gasteiger partial charge in [0.25, 0.3) is 5.56 Å². The molecule has 3 aromatic carbocycles. The van der Waals surface area contributed by atoms with Gasteiger partial charge in [-0.1, -0.05) is 73.5 Å². The fourth-order valence-electron chi connectivity index (χ4n) is 4.87. The molecule has 6 rings (SSSR count). The van der Waals surface area contributed by atoms with Crippen molar-refractivity contribution in [2.75, 3.05) is 20.3 Å². The fraction of sp³-hybridized carbons (Fsp3) is 0.222. The van der Waals surface area contributed by atoms with Crippen molar-refractivity contribution in [3.05, 3.63) is 110 Å². The van der Waals surface area contributed by atoms with Gasteiger partial charge in [0.05, 0.1) is 35.6 Å². The van der Waals surface area contributed by atoms with Gasteiger partial charge in [-0.3, -0.25) is 4.79 Å². The van der Waals surface area contributed by atoms with Gasteiger partial charge >= 0.3 is 0 Å². The molecule has 3 heterocycles. The summed E-state index contributed by atoms with van der Waals surface area (Å²) in [5.74, 6) is 2.40. The number of methoxy groups -OCH3 is 1. The van der Waals surface area contributed by atoms with E-state index in [0.717, 1.165) is 41.6 Å². The Balaban J connectivity index is 1.32. The summed E-state index contributed by atoms with van der Waals surface area (Å²) in [7, 11) is 1.61. The lowest BCUT2D eigenvalue weighted by molar-refractivity contribution is 0.294. The molecule has 0 aliphatic rings. The van der Waals surface area contributed by atoms with E-state index in [2.05, 4.69) is 23.9 Å². The zero-order chi connectivity index (χ0) is 32.8. The molecule has 0 fully saturated rings. The first-order valence-electron chi connectivity index (χ1n) is 15.5. The molecule has 0 saturated heterocycles.